The van der Waals surface area contributed by atoms with Gasteiger partial charge in [-0.05, 0) is 43.2 Å². The van der Waals surface area contributed by atoms with Crippen LogP contribution in [0.1, 0.15) is 48.9 Å². The van der Waals surface area contributed by atoms with Crippen molar-refractivity contribution in [3.63, 3.8) is 0 Å². The summed E-state index contributed by atoms with van der Waals surface area (Å²) in [5.41, 5.74) is 1.42. The molecule has 1 fully saturated rings. The Bertz CT molecular complexity index is 1150. The van der Waals surface area contributed by atoms with E-state index in [9.17, 15) is 9.59 Å². The smallest absolute Gasteiger partial charge is 0.254 e. The van der Waals surface area contributed by atoms with Crippen LogP contribution in [0.2, 0.25) is 5.02 Å². The number of hydrogen-bond acceptors (Lipinski definition) is 6. The van der Waals surface area contributed by atoms with E-state index in [-0.39, 0.29) is 24.3 Å². The molecule has 0 spiro atoms. The van der Waals surface area contributed by atoms with Crippen LogP contribution in [0, 0.1) is 0 Å². The van der Waals surface area contributed by atoms with Crippen molar-refractivity contribution in [2.24, 2.45) is 0 Å². The van der Waals surface area contributed by atoms with E-state index >= 15 is 0 Å². The van der Waals surface area contributed by atoms with Gasteiger partial charge in [0.05, 0.1) is 7.11 Å². The number of rotatable bonds is 8. The number of benzene rings is 2. The minimum atomic E-state index is -0.201. The van der Waals surface area contributed by atoms with Gasteiger partial charge in [0.1, 0.15) is 10.8 Å². The summed E-state index contributed by atoms with van der Waals surface area (Å²) in [5, 5.41) is 12.8. The number of nitrogens with zero attached hydrogens (tertiary/aromatic N) is 3. The van der Waals surface area contributed by atoms with Crippen molar-refractivity contribution in [3.8, 4) is 16.3 Å². The molecule has 0 atom stereocenters. The van der Waals surface area contributed by atoms with Gasteiger partial charge in [-0.1, -0.05) is 60.4 Å². The van der Waals surface area contributed by atoms with Crippen molar-refractivity contribution in [1.29, 1.82) is 0 Å². The van der Waals surface area contributed by atoms with Crippen LogP contribution in [0.3, 0.4) is 0 Å². The number of carbonyl (C=O) groups excluding carboxylic acids is 2. The molecule has 34 heavy (non-hydrogen) atoms. The maximum absolute atomic E-state index is 13.4. The maximum Gasteiger partial charge on any atom is 0.254 e. The number of ether oxygens (including phenoxy) is 1. The first-order valence-corrected chi connectivity index (χ1v) is 12.6. The molecule has 0 unspecified atom stereocenters. The predicted octanol–water partition coefficient (Wildman–Crippen LogP) is 5.67. The number of halogens is 1. The van der Waals surface area contributed by atoms with Crippen molar-refractivity contribution < 1.29 is 14.3 Å². The summed E-state index contributed by atoms with van der Waals surface area (Å²) in [5.74, 6) is 0.366. The van der Waals surface area contributed by atoms with Crippen LogP contribution in [-0.2, 0) is 4.79 Å². The molecule has 1 aromatic heterocycles. The largest absolute Gasteiger partial charge is 0.497 e. The average molecular weight is 499 g/mol. The van der Waals surface area contributed by atoms with Crippen molar-refractivity contribution in [3.05, 3.63) is 59.1 Å². The Labute approximate surface area is 208 Å². The summed E-state index contributed by atoms with van der Waals surface area (Å²) >= 11 is 7.34. The van der Waals surface area contributed by atoms with E-state index in [0.717, 1.165) is 31.2 Å². The standard InChI is InChI=1S/C25H27ClN4O3S/c1-33-21-12-6-8-18(16-21)24(32)30(20-10-3-2-4-11-20)14-13-22(31)27-25-29-28-23(34-25)17-7-5-9-19(26)15-17/h5-9,12,15-16,20H,2-4,10-11,13-14H2,1H3,(H,27,29,31). The molecule has 1 heterocycles. The number of hydrogen-bond donors (Lipinski definition) is 1. The molecule has 2 amide bonds. The van der Waals surface area contributed by atoms with E-state index in [1.807, 2.05) is 29.2 Å². The fourth-order valence-electron chi connectivity index (χ4n) is 4.18. The molecular weight excluding hydrogens is 472 g/mol. The van der Waals surface area contributed by atoms with Gasteiger partial charge in [-0.25, -0.2) is 0 Å². The monoisotopic (exact) mass is 498 g/mol. The van der Waals surface area contributed by atoms with Crippen LogP contribution < -0.4 is 10.1 Å². The van der Waals surface area contributed by atoms with Crippen LogP contribution in [-0.4, -0.2) is 46.6 Å². The lowest BCUT2D eigenvalue weighted by atomic mass is 9.93. The zero-order valence-electron chi connectivity index (χ0n) is 19.0. The SMILES string of the molecule is COc1cccc(C(=O)N(CCC(=O)Nc2nnc(-c3cccc(Cl)c3)s2)C2CCCCC2)c1. The average Bonchev–Trinajstić information content (AvgIpc) is 3.33. The van der Waals surface area contributed by atoms with E-state index in [1.54, 1.807) is 31.4 Å². The number of nitrogens with one attached hydrogen (secondary N) is 1. The van der Waals surface area contributed by atoms with E-state index in [1.165, 1.54) is 17.8 Å². The summed E-state index contributed by atoms with van der Waals surface area (Å²) in [4.78, 5) is 27.9. The highest BCUT2D eigenvalue weighted by molar-refractivity contribution is 7.18. The van der Waals surface area contributed by atoms with Gasteiger partial charge in [-0.3, -0.25) is 9.59 Å². The number of aromatic nitrogens is 2. The quantitative estimate of drug-likeness (QED) is 0.432. The molecule has 2 aromatic carbocycles. The first-order valence-electron chi connectivity index (χ1n) is 11.4. The summed E-state index contributed by atoms with van der Waals surface area (Å²) in [6.07, 6.45) is 5.46. The summed E-state index contributed by atoms with van der Waals surface area (Å²) in [6, 6.07) is 14.6. The van der Waals surface area contributed by atoms with Gasteiger partial charge in [0.2, 0.25) is 11.0 Å². The maximum atomic E-state index is 13.4. The molecule has 1 aliphatic rings. The van der Waals surface area contributed by atoms with Gasteiger partial charge in [-0.2, -0.15) is 0 Å². The Morgan fingerprint density at radius 3 is 2.68 bits per heavy atom. The fourth-order valence-corrected chi connectivity index (χ4v) is 5.13. The predicted molar refractivity (Wildman–Crippen MR) is 135 cm³/mol. The Balaban J connectivity index is 1.41. The minimum Gasteiger partial charge on any atom is -0.497 e. The second-order valence-electron chi connectivity index (χ2n) is 8.24. The lowest BCUT2D eigenvalue weighted by Gasteiger charge is -2.34. The zero-order chi connectivity index (χ0) is 23.9. The topological polar surface area (TPSA) is 84.4 Å². The van der Waals surface area contributed by atoms with Crippen molar-refractivity contribution in [2.45, 2.75) is 44.6 Å². The lowest BCUT2D eigenvalue weighted by Crippen LogP contribution is -2.43. The van der Waals surface area contributed by atoms with Gasteiger partial charge in [0.25, 0.3) is 5.91 Å². The van der Waals surface area contributed by atoms with E-state index in [4.69, 9.17) is 16.3 Å². The summed E-state index contributed by atoms with van der Waals surface area (Å²) < 4.78 is 5.28. The van der Waals surface area contributed by atoms with Crippen molar-refractivity contribution in [2.75, 3.05) is 19.0 Å². The second kappa shape index (κ2) is 11.4. The van der Waals surface area contributed by atoms with Gasteiger partial charge < -0.3 is 15.0 Å². The van der Waals surface area contributed by atoms with Gasteiger partial charge >= 0.3 is 0 Å². The molecule has 1 aliphatic carbocycles. The summed E-state index contributed by atoms with van der Waals surface area (Å²) in [6.45, 7) is 0.340. The molecule has 9 heteroatoms. The number of anilines is 1. The second-order valence-corrected chi connectivity index (χ2v) is 9.66. The number of carbonyl (C=O) groups is 2. The Morgan fingerprint density at radius 2 is 1.91 bits per heavy atom. The van der Waals surface area contributed by atoms with Crippen molar-refractivity contribution in [1.82, 2.24) is 15.1 Å². The molecule has 0 saturated heterocycles. The van der Waals surface area contributed by atoms with Crippen LogP contribution in [0.25, 0.3) is 10.6 Å². The lowest BCUT2D eigenvalue weighted by molar-refractivity contribution is -0.116. The number of amides is 2. The minimum absolute atomic E-state index is 0.0715. The Kier molecular flexibility index (Phi) is 8.13. The molecule has 7 nitrogen and oxygen atoms in total. The molecule has 0 radical (unpaired) electrons. The van der Waals surface area contributed by atoms with Crippen LogP contribution >= 0.6 is 22.9 Å². The zero-order valence-corrected chi connectivity index (χ0v) is 20.6. The molecule has 178 valence electrons. The van der Waals surface area contributed by atoms with E-state index < -0.39 is 0 Å². The fraction of sp³-hybridized carbons (Fsp3) is 0.360. The third kappa shape index (κ3) is 6.12. The van der Waals surface area contributed by atoms with Crippen molar-refractivity contribution >= 4 is 39.9 Å². The highest BCUT2D eigenvalue weighted by atomic mass is 35.5. The van der Waals surface area contributed by atoms with E-state index in [0.29, 0.717) is 33.0 Å². The molecular formula is C25H27ClN4O3S. The van der Waals surface area contributed by atoms with Crippen LogP contribution in [0.5, 0.6) is 5.75 Å². The van der Waals surface area contributed by atoms with Gasteiger partial charge in [-0.15, -0.1) is 10.2 Å². The normalized spacial score (nSPS) is 13.9. The molecule has 1 saturated carbocycles. The highest BCUT2D eigenvalue weighted by Gasteiger charge is 2.27. The van der Waals surface area contributed by atoms with Gasteiger partial charge in [0, 0.05) is 35.2 Å². The van der Waals surface area contributed by atoms with Crippen LogP contribution in [0.4, 0.5) is 5.13 Å². The Morgan fingerprint density at radius 1 is 1.12 bits per heavy atom. The third-order valence-corrected chi connectivity index (χ3v) is 7.04. The highest BCUT2D eigenvalue weighted by Crippen LogP contribution is 2.29. The van der Waals surface area contributed by atoms with Crippen LogP contribution in [0.15, 0.2) is 48.5 Å². The first kappa shape index (κ1) is 24.2. The van der Waals surface area contributed by atoms with Gasteiger partial charge in [0.15, 0.2) is 0 Å². The molecule has 4 rings (SSSR count). The summed E-state index contributed by atoms with van der Waals surface area (Å²) in [7, 11) is 1.58. The molecule has 0 bridgehead atoms. The van der Waals surface area contributed by atoms with E-state index in [2.05, 4.69) is 15.5 Å². The third-order valence-electron chi connectivity index (χ3n) is 5.92. The first-order chi connectivity index (χ1) is 16.5. The number of methoxy groups -OCH3 is 1. The molecule has 3 aromatic rings. The Hall–Kier alpha value is -2.97. The molecule has 0 aliphatic heterocycles. The molecule has 1 N–H and O–H groups in total.